The van der Waals surface area contributed by atoms with Gasteiger partial charge in [-0.2, -0.15) is 0 Å². The number of rotatable bonds is 4. The maximum atomic E-state index is 12.3. The van der Waals surface area contributed by atoms with Crippen LogP contribution in [-0.4, -0.2) is 57.8 Å². The summed E-state index contributed by atoms with van der Waals surface area (Å²) in [7, 11) is 0. The number of aliphatic carboxylic acids is 1. The maximum Gasteiger partial charge on any atom is 0.326 e. The van der Waals surface area contributed by atoms with Gasteiger partial charge < -0.3 is 26.2 Å². The topological polar surface area (TPSA) is 133 Å². The minimum Gasteiger partial charge on any atom is -0.480 e. The second-order valence-electron chi connectivity index (χ2n) is 4.96. The van der Waals surface area contributed by atoms with Crippen molar-refractivity contribution >= 4 is 17.9 Å². The Balaban J connectivity index is 2.89. The Morgan fingerprint density at radius 3 is 2.37 bits per heavy atom. The van der Waals surface area contributed by atoms with Crippen molar-refractivity contribution in [3.8, 4) is 0 Å². The summed E-state index contributed by atoms with van der Waals surface area (Å²) < 4.78 is 0. The van der Waals surface area contributed by atoms with E-state index >= 15 is 0 Å². The van der Waals surface area contributed by atoms with E-state index in [1.807, 2.05) is 0 Å². The van der Waals surface area contributed by atoms with Crippen molar-refractivity contribution in [2.24, 2.45) is 11.7 Å². The van der Waals surface area contributed by atoms with Gasteiger partial charge in [-0.3, -0.25) is 4.79 Å². The van der Waals surface area contributed by atoms with Gasteiger partial charge in [0.1, 0.15) is 12.1 Å². The third kappa shape index (κ3) is 3.57. The second-order valence-corrected chi connectivity index (χ2v) is 4.96. The number of carboxylic acids is 1. The van der Waals surface area contributed by atoms with Gasteiger partial charge in [0.2, 0.25) is 5.91 Å². The number of amides is 3. The molecule has 1 heterocycles. The number of aliphatic hydroxyl groups excluding tert-OH is 1. The lowest BCUT2D eigenvalue weighted by Gasteiger charge is -2.28. The van der Waals surface area contributed by atoms with Gasteiger partial charge in [-0.25, -0.2) is 9.59 Å². The Kier molecular flexibility index (Phi) is 4.71. The zero-order valence-corrected chi connectivity index (χ0v) is 10.9. The predicted octanol–water partition coefficient (Wildman–Crippen LogP) is -1.27. The second kappa shape index (κ2) is 5.87. The smallest absolute Gasteiger partial charge is 0.326 e. The molecule has 0 aromatic heterocycles. The number of carbonyl (C=O) groups is 3. The van der Waals surface area contributed by atoms with Crippen molar-refractivity contribution in [3.05, 3.63) is 0 Å². The molecule has 108 valence electrons. The molecule has 0 radical (unpaired) electrons. The monoisotopic (exact) mass is 273 g/mol. The highest BCUT2D eigenvalue weighted by atomic mass is 16.4. The van der Waals surface area contributed by atoms with Gasteiger partial charge in [-0.15, -0.1) is 0 Å². The third-order valence-electron chi connectivity index (χ3n) is 3.08. The fourth-order valence-corrected chi connectivity index (χ4v) is 2.14. The van der Waals surface area contributed by atoms with Gasteiger partial charge in [0.15, 0.2) is 0 Å². The number of aliphatic hydroxyl groups is 1. The summed E-state index contributed by atoms with van der Waals surface area (Å²) in [5.74, 6) is -1.96. The summed E-state index contributed by atoms with van der Waals surface area (Å²) in [6.45, 7) is 3.36. The van der Waals surface area contributed by atoms with Gasteiger partial charge >= 0.3 is 12.0 Å². The number of hydrogen-bond acceptors (Lipinski definition) is 4. The molecule has 19 heavy (non-hydrogen) atoms. The van der Waals surface area contributed by atoms with E-state index in [0.717, 1.165) is 4.90 Å². The number of β-amino-alcohol motifs (C(OH)–C–C–N with tert-alkyl or cyclic N) is 1. The molecule has 0 spiro atoms. The molecular formula is C11H19N3O5. The number of likely N-dealkylation sites (tertiary alicyclic amines) is 1. The zero-order valence-electron chi connectivity index (χ0n) is 10.9. The molecule has 1 rings (SSSR count). The molecule has 1 fully saturated rings. The number of primary amides is 1. The Labute approximate surface area is 110 Å². The lowest BCUT2D eigenvalue weighted by atomic mass is 10.0. The Morgan fingerprint density at radius 1 is 1.37 bits per heavy atom. The average Bonchev–Trinajstić information content (AvgIpc) is 2.67. The van der Waals surface area contributed by atoms with Crippen molar-refractivity contribution in [1.29, 1.82) is 0 Å². The van der Waals surface area contributed by atoms with Crippen molar-refractivity contribution in [2.45, 2.75) is 38.5 Å². The minimum absolute atomic E-state index is 0.0114. The SMILES string of the molecule is CC(C)C(NC(N)=O)C(=O)N1CC(O)CC1C(=O)O. The first kappa shape index (κ1) is 15.2. The molecule has 0 bridgehead atoms. The number of carbonyl (C=O) groups excluding carboxylic acids is 2. The van der Waals surface area contributed by atoms with Gasteiger partial charge in [-0.05, 0) is 5.92 Å². The summed E-state index contributed by atoms with van der Waals surface area (Å²) in [5.41, 5.74) is 5.00. The van der Waals surface area contributed by atoms with E-state index in [4.69, 9.17) is 10.8 Å². The molecule has 0 aromatic carbocycles. The molecular weight excluding hydrogens is 254 g/mol. The molecule has 1 aliphatic heterocycles. The number of nitrogens with zero attached hydrogens (tertiary/aromatic N) is 1. The third-order valence-corrected chi connectivity index (χ3v) is 3.08. The molecule has 8 nitrogen and oxygen atoms in total. The first-order chi connectivity index (χ1) is 8.73. The number of nitrogens with one attached hydrogen (secondary N) is 1. The van der Waals surface area contributed by atoms with Crippen LogP contribution in [0.15, 0.2) is 0 Å². The fourth-order valence-electron chi connectivity index (χ4n) is 2.14. The highest BCUT2D eigenvalue weighted by molar-refractivity contribution is 5.90. The molecule has 3 amide bonds. The van der Waals surface area contributed by atoms with Crippen molar-refractivity contribution in [3.63, 3.8) is 0 Å². The van der Waals surface area contributed by atoms with Crippen LogP contribution in [0.5, 0.6) is 0 Å². The standard InChI is InChI=1S/C11H19N3O5/c1-5(2)8(13-11(12)19)9(16)14-4-6(15)3-7(14)10(17)18/h5-8,15H,3-4H2,1-2H3,(H,17,18)(H3,12,13,19). The first-order valence-electron chi connectivity index (χ1n) is 6.01. The van der Waals surface area contributed by atoms with Crippen LogP contribution >= 0.6 is 0 Å². The van der Waals surface area contributed by atoms with Gasteiger partial charge in [0, 0.05) is 13.0 Å². The molecule has 5 N–H and O–H groups in total. The molecule has 8 heteroatoms. The van der Waals surface area contributed by atoms with Gasteiger partial charge in [0.25, 0.3) is 0 Å². The molecule has 3 atom stereocenters. The van der Waals surface area contributed by atoms with Gasteiger partial charge in [-0.1, -0.05) is 13.8 Å². The molecule has 0 saturated carbocycles. The van der Waals surface area contributed by atoms with E-state index < -0.39 is 36.1 Å². The van der Waals surface area contributed by atoms with Crippen LogP contribution in [0, 0.1) is 5.92 Å². The predicted molar refractivity (Wildman–Crippen MR) is 65.1 cm³/mol. The highest BCUT2D eigenvalue weighted by Gasteiger charge is 2.42. The van der Waals surface area contributed by atoms with Crippen LogP contribution < -0.4 is 11.1 Å². The lowest BCUT2D eigenvalue weighted by molar-refractivity contribution is -0.149. The average molecular weight is 273 g/mol. The van der Waals surface area contributed by atoms with Crippen molar-refractivity contribution in [1.82, 2.24) is 10.2 Å². The Morgan fingerprint density at radius 2 is 1.95 bits per heavy atom. The summed E-state index contributed by atoms with van der Waals surface area (Å²) in [5, 5.41) is 20.8. The number of nitrogens with two attached hydrogens (primary N) is 1. The van der Waals surface area contributed by atoms with Crippen LogP contribution in [0.25, 0.3) is 0 Å². The van der Waals surface area contributed by atoms with E-state index in [1.54, 1.807) is 13.8 Å². The van der Waals surface area contributed by atoms with Crippen LogP contribution in [0.4, 0.5) is 4.79 Å². The Hall–Kier alpha value is -1.83. The summed E-state index contributed by atoms with van der Waals surface area (Å²) in [6, 6.07) is -2.82. The van der Waals surface area contributed by atoms with E-state index in [0.29, 0.717) is 0 Å². The van der Waals surface area contributed by atoms with Crippen molar-refractivity contribution < 1.29 is 24.6 Å². The Bertz CT molecular complexity index is 385. The van der Waals surface area contributed by atoms with E-state index in [2.05, 4.69) is 5.32 Å². The number of urea groups is 1. The van der Waals surface area contributed by atoms with Crippen molar-refractivity contribution in [2.75, 3.05) is 6.54 Å². The van der Waals surface area contributed by atoms with Crippen LogP contribution in [-0.2, 0) is 9.59 Å². The molecule has 1 aliphatic rings. The van der Waals surface area contributed by atoms with Gasteiger partial charge in [0.05, 0.1) is 6.10 Å². The van der Waals surface area contributed by atoms with E-state index in [-0.39, 0.29) is 18.9 Å². The zero-order chi connectivity index (χ0) is 14.7. The molecule has 3 unspecified atom stereocenters. The van der Waals surface area contributed by atoms with Crippen LogP contribution in [0.3, 0.4) is 0 Å². The summed E-state index contributed by atoms with van der Waals surface area (Å²) in [6.07, 6.45) is -0.880. The first-order valence-corrected chi connectivity index (χ1v) is 6.01. The molecule has 0 aliphatic carbocycles. The number of hydrogen-bond donors (Lipinski definition) is 4. The molecule has 1 saturated heterocycles. The lowest BCUT2D eigenvalue weighted by Crippen LogP contribution is -2.54. The minimum atomic E-state index is -1.17. The normalized spacial score (nSPS) is 24.3. The summed E-state index contributed by atoms with van der Waals surface area (Å²) in [4.78, 5) is 35.3. The van der Waals surface area contributed by atoms with Crippen LogP contribution in [0.1, 0.15) is 20.3 Å². The largest absolute Gasteiger partial charge is 0.480 e. The maximum absolute atomic E-state index is 12.3. The van der Waals surface area contributed by atoms with Crippen LogP contribution in [0.2, 0.25) is 0 Å². The van der Waals surface area contributed by atoms with E-state index in [9.17, 15) is 19.5 Å². The quantitative estimate of drug-likeness (QED) is 0.506. The van der Waals surface area contributed by atoms with E-state index in [1.165, 1.54) is 0 Å². The fraction of sp³-hybridized carbons (Fsp3) is 0.727. The summed E-state index contributed by atoms with van der Waals surface area (Å²) >= 11 is 0. The molecule has 0 aromatic rings. The number of carboxylic acid groups (broad SMARTS) is 1. The highest BCUT2D eigenvalue weighted by Crippen LogP contribution is 2.20.